The van der Waals surface area contributed by atoms with Gasteiger partial charge in [-0.15, -0.1) is 11.3 Å². The van der Waals surface area contributed by atoms with Crippen molar-refractivity contribution in [1.82, 2.24) is 5.32 Å². The Morgan fingerprint density at radius 3 is 2.57 bits per heavy atom. The highest BCUT2D eigenvalue weighted by atomic mass is 32.1. The number of thiophene rings is 1. The van der Waals surface area contributed by atoms with Crippen LogP contribution in [0.5, 0.6) is 0 Å². The van der Waals surface area contributed by atoms with Gasteiger partial charge in [-0.05, 0) is 17.4 Å². The molecule has 1 atom stereocenters. The van der Waals surface area contributed by atoms with Crippen molar-refractivity contribution >= 4 is 17.2 Å². The number of hydrogen-bond donors (Lipinski definition) is 2. The normalized spacial score (nSPS) is 12.3. The van der Waals surface area contributed by atoms with Gasteiger partial charge in [0, 0.05) is 12.1 Å². The molecule has 0 aliphatic carbocycles. The molecule has 3 nitrogen and oxygen atoms in total. The molecule has 3 N–H and O–H groups in total. The zero-order valence-electron chi connectivity index (χ0n) is 12.6. The van der Waals surface area contributed by atoms with E-state index in [1.54, 1.807) is 11.3 Å². The van der Waals surface area contributed by atoms with Gasteiger partial charge in [0.25, 0.3) is 5.91 Å². The van der Waals surface area contributed by atoms with Gasteiger partial charge in [-0.25, -0.2) is 0 Å². The number of carbonyl (C=O) groups excluding carboxylic acids is 1. The molecule has 1 amide bonds. The third kappa shape index (κ3) is 4.99. The van der Waals surface area contributed by atoms with E-state index in [1.807, 2.05) is 18.2 Å². The molecule has 0 aliphatic rings. The Kier molecular flexibility index (Phi) is 5.96. The lowest BCUT2D eigenvalue weighted by Gasteiger charge is -2.15. The summed E-state index contributed by atoms with van der Waals surface area (Å²) in [5, 5.41) is 7.16. The summed E-state index contributed by atoms with van der Waals surface area (Å²) in [6.07, 6.45) is 0. The molecule has 2 aromatic rings. The summed E-state index contributed by atoms with van der Waals surface area (Å²) in [5.74, 6) is 0.581. The van der Waals surface area contributed by atoms with Gasteiger partial charge in [-0.2, -0.15) is 0 Å². The first-order valence-electron chi connectivity index (χ1n) is 7.35. The Hall–Kier alpha value is -1.65. The summed E-state index contributed by atoms with van der Waals surface area (Å²) < 4.78 is 0. The van der Waals surface area contributed by atoms with Crippen LogP contribution in [0.25, 0.3) is 0 Å². The maximum absolute atomic E-state index is 11.9. The summed E-state index contributed by atoms with van der Waals surface area (Å²) in [6.45, 7) is 5.39. The van der Waals surface area contributed by atoms with Crippen molar-refractivity contribution in [3.05, 3.63) is 58.3 Å². The highest BCUT2D eigenvalue weighted by Gasteiger charge is 2.19. The Morgan fingerprint density at radius 1 is 1.19 bits per heavy atom. The zero-order chi connectivity index (χ0) is 15.1. The zero-order valence-corrected chi connectivity index (χ0v) is 13.4. The molecule has 1 aromatic carbocycles. The van der Waals surface area contributed by atoms with Gasteiger partial charge in [0.1, 0.15) is 6.04 Å². The Labute approximate surface area is 130 Å². The van der Waals surface area contributed by atoms with Crippen LogP contribution >= 0.6 is 11.3 Å². The molecular weight excluding hydrogens is 280 g/mol. The fourth-order valence-electron chi connectivity index (χ4n) is 2.16. The lowest BCUT2D eigenvalue weighted by molar-refractivity contribution is -0.676. The number of nitrogens with one attached hydrogen (secondary N) is 1. The smallest absolute Gasteiger partial charge is 0.275 e. The van der Waals surface area contributed by atoms with Gasteiger partial charge in [0.05, 0.1) is 4.88 Å². The van der Waals surface area contributed by atoms with E-state index in [9.17, 15) is 4.79 Å². The fraction of sp³-hybridized carbons (Fsp3) is 0.353. The average molecular weight is 303 g/mol. The van der Waals surface area contributed by atoms with Gasteiger partial charge in [-0.1, -0.05) is 50.2 Å². The molecule has 0 radical (unpaired) electrons. The lowest BCUT2D eigenvalue weighted by Crippen LogP contribution is -2.87. The van der Waals surface area contributed by atoms with Crippen molar-refractivity contribution in [2.24, 2.45) is 5.92 Å². The maximum atomic E-state index is 11.9. The first-order chi connectivity index (χ1) is 10.2. The van der Waals surface area contributed by atoms with Crippen LogP contribution in [-0.2, 0) is 4.79 Å². The van der Waals surface area contributed by atoms with E-state index >= 15 is 0 Å². The number of rotatable bonds is 7. The standard InChI is InChI=1S/C17H22N2OS/c1-13(2)11-18-16(20)12-19-17(15-9-6-10-21-15)14-7-4-3-5-8-14/h3-10,13,17,19H,11-12H2,1-2H3,(H,18,20)/p+1/t17-/m1/s1. The van der Waals surface area contributed by atoms with E-state index in [0.29, 0.717) is 12.5 Å². The van der Waals surface area contributed by atoms with Gasteiger partial charge in [-0.3, -0.25) is 4.79 Å². The molecule has 0 saturated carbocycles. The van der Waals surface area contributed by atoms with E-state index in [-0.39, 0.29) is 11.9 Å². The van der Waals surface area contributed by atoms with Gasteiger partial charge in [0.15, 0.2) is 6.54 Å². The second kappa shape index (κ2) is 7.96. The van der Waals surface area contributed by atoms with Gasteiger partial charge < -0.3 is 10.6 Å². The molecule has 1 heterocycles. The Bertz CT molecular complexity index is 537. The summed E-state index contributed by atoms with van der Waals surface area (Å²) in [7, 11) is 0. The number of hydrogen-bond acceptors (Lipinski definition) is 2. The topological polar surface area (TPSA) is 45.7 Å². The van der Waals surface area contributed by atoms with E-state index in [4.69, 9.17) is 0 Å². The SMILES string of the molecule is CC(C)CNC(=O)C[NH2+][C@H](c1ccccc1)c1cccs1. The summed E-state index contributed by atoms with van der Waals surface area (Å²) >= 11 is 1.73. The first-order valence-corrected chi connectivity index (χ1v) is 8.23. The molecule has 0 aliphatic heterocycles. The molecule has 0 unspecified atom stereocenters. The molecule has 4 heteroatoms. The van der Waals surface area contributed by atoms with Gasteiger partial charge in [0.2, 0.25) is 0 Å². The van der Waals surface area contributed by atoms with Crippen LogP contribution in [0.3, 0.4) is 0 Å². The largest absolute Gasteiger partial charge is 0.351 e. The van der Waals surface area contributed by atoms with E-state index in [0.717, 1.165) is 6.54 Å². The summed E-state index contributed by atoms with van der Waals surface area (Å²) in [6, 6.07) is 14.7. The third-order valence-corrected chi connectivity index (χ3v) is 4.21. The van der Waals surface area contributed by atoms with Crippen LogP contribution in [0.4, 0.5) is 0 Å². The van der Waals surface area contributed by atoms with Crippen LogP contribution in [0, 0.1) is 5.92 Å². The van der Waals surface area contributed by atoms with Crippen LogP contribution in [0.1, 0.15) is 30.3 Å². The van der Waals surface area contributed by atoms with Crippen molar-refractivity contribution in [2.75, 3.05) is 13.1 Å². The number of nitrogens with two attached hydrogens (primary N) is 1. The molecule has 0 spiro atoms. The van der Waals surface area contributed by atoms with E-state index in [1.165, 1.54) is 10.4 Å². The molecule has 1 aromatic heterocycles. The fourth-order valence-corrected chi connectivity index (χ4v) is 3.01. The molecule has 0 saturated heterocycles. The van der Waals surface area contributed by atoms with E-state index < -0.39 is 0 Å². The van der Waals surface area contributed by atoms with Crippen molar-refractivity contribution in [1.29, 1.82) is 0 Å². The van der Waals surface area contributed by atoms with Crippen molar-refractivity contribution in [2.45, 2.75) is 19.9 Å². The monoisotopic (exact) mass is 303 g/mol. The minimum atomic E-state index is 0.0983. The summed E-state index contributed by atoms with van der Waals surface area (Å²) in [4.78, 5) is 13.2. The molecular formula is C17H23N2OS+. The molecule has 2 rings (SSSR count). The predicted octanol–water partition coefficient (Wildman–Crippen LogP) is 2.17. The average Bonchev–Trinajstić information content (AvgIpc) is 3.00. The first kappa shape index (κ1) is 15.7. The number of amides is 1. The number of carbonyl (C=O) groups is 1. The highest BCUT2D eigenvalue weighted by Crippen LogP contribution is 2.22. The summed E-state index contributed by atoms with van der Waals surface area (Å²) in [5.41, 5.74) is 1.23. The second-order valence-corrected chi connectivity index (χ2v) is 6.52. The third-order valence-electron chi connectivity index (χ3n) is 3.25. The Morgan fingerprint density at radius 2 is 1.95 bits per heavy atom. The van der Waals surface area contributed by atoms with Crippen molar-refractivity contribution in [3.8, 4) is 0 Å². The second-order valence-electron chi connectivity index (χ2n) is 5.54. The minimum Gasteiger partial charge on any atom is -0.351 e. The van der Waals surface area contributed by atoms with Crippen LogP contribution in [0.15, 0.2) is 47.8 Å². The predicted molar refractivity (Wildman–Crippen MR) is 87.2 cm³/mol. The molecule has 21 heavy (non-hydrogen) atoms. The van der Waals surface area contributed by atoms with Crippen molar-refractivity contribution < 1.29 is 10.1 Å². The van der Waals surface area contributed by atoms with Crippen LogP contribution in [-0.4, -0.2) is 19.0 Å². The van der Waals surface area contributed by atoms with Crippen molar-refractivity contribution in [3.63, 3.8) is 0 Å². The van der Waals surface area contributed by atoms with Crippen LogP contribution in [0.2, 0.25) is 0 Å². The number of benzene rings is 1. The maximum Gasteiger partial charge on any atom is 0.275 e. The molecule has 112 valence electrons. The Balaban J connectivity index is 1.99. The molecule has 0 bridgehead atoms. The minimum absolute atomic E-state index is 0.0983. The molecule has 0 fully saturated rings. The van der Waals surface area contributed by atoms with E-state index in [2.05, 4.69) is 54.1 Å². The quantitative estimate of drug-likeness (QED) is 0.809. The number of quaternary nitrogens is 1. The lowest BCUT2D eigenvalue weighted by atomic mass is 10.1. The van der Waals surface area contributed by atoms with Crippen LogP contribution < -0.4 is 10.6 Å². The highest BCUT2D eigenvalue weighted by molar-refractivity contribution is 7.10. The van der Waals surface area contributed by atoms with Gasteiger partial charge >= 0.3 is 0 Å².